The fourth-order valence-corrected chi connectivity index (χ4v) is 0.421. The summed E-state index contributed by atoms with van der Waals surface area (Å²) in [6, 6.07) is 0. The van der Waals surface area contributed by atoms with Gasteiger partial charge in [0.2, 0.25) is 0 Å². The van der Waals surface area contributed by atoms with Gasteiger partial charge in [-0.05, 0) is 0 Å². The first-order valence-electron chi connectivity index (χ1n) is 1.89. The van der Waals surface area contributed by atoms with Gasteiger partial charge in [-0.15, -0.1) is 0 Å². The molecule has 0 heterocycles. The van der Waals surface area contributed by atoms with Gasteiger partial charge in [0.25, 0.3) is 10.0 Å². The highest BCUT2D eigenvalue weighted by Crippen LogP contribution is 2.16. The lowest BCUT2D eigenvalue weighted by Gasteiger charge is -2.07. The van der Waals surface area contributed by atoms with Crippen LogP contribution in [0.2, 0.25) is 0 Å². The number of sulfonamides is 1. The van der Waals surface area contributed by atoms with Crippen molar-refractivity contribution in [3.63, 3.8) is 0 Å². The number of alkyl halides is 2. The lowest BCUT2D eigenvalue weighted by molar-refractivity contribution is -0.132. The van der Waals surface area contributed by atoms with E-state index in [1.54, 1.807) is 0 Å². The Hall–Kier alpha value is -0.760. The van der Waals surface area contributed by atoms with Gasteiger partial charge in [-0.2, -0.15) is 8.78 Å². The minimum Gasteiger partial charge on any atom is -0.363 e. The molecule has 0 fully saturated rings. The standard InChI is InChI=1S/C2H4F2N2O3S/c3-2(4,1(5)7)10(6,8)9/h(H2,5,7)(H2,6,8,9). The Morgan fingerprint density at radius 2 is 1.70 bits per heavy atom. The molecule has 4 N–H and O–H groups in total. The number of rotatable bonds is 2. The minimum absolute atomic E-state index is 2.28. The smallest absolute Gasteiger partial charge is 0.363 e. The molecule has 0 saturated carbocycles. The number of amides is 1. The van der Waals surface area contributed by atoms with Crippen molar-refractivity contribution in [1.29, 1.82) is 0 Å². The highest BCUT2D eigenvalue weighted by atomic mass is 32.2. The molecule has 8 heteroatoms. The van der Waals surface area contributed by atoms with Crippen molar-refractivity contribution >= 4 is 15.9 Å². The minimum atomic E-state index is -5.21. The van der Waals surface area contributed by atoms with Crippen molar-refractivity contribution in [2.45, 2.75) is 5.25 Å². The zero-order valence-corrected chi connectivity index (χ0v) is 5.36. The van der Waals surface area contributed by atoms with Crippen LogP contribution in [0, 0.1) is 0 Å². The molecular formula is C2H4F2N2O3S. The summed E-state index contributed by atoms with van der Waals surface area (Å²) < 4.78 is 43.4. The van der Waals surface area contributed by atoms with Crippen LogP contribution in [-0.4, -0.2) is 19.6 Å². The molecule has 0 bridgehead atoms. The zero-order valence-electron chi connectivity index (χ0n) is 4.54. The summed E-state index contributed by atoms with van der Waals surface area (Å²) in [5.41, 5.74) is 4.01. The third-order valence-electron chi connectivity index (χ3n) is 0.644. The Labute approximate surface area is 55.0 Å². The third-order valence-corrected chi connectivity index (χ3v) is 1.56. The van der Waals surface area contributed by atoms with E-state index in [9.17, 15) is 22.0 Å². The summed E-state index contributed by atoms with van der Waals surface area (Å²) in [5, 5.41) is -0.738. The van der Waals surface area contributed by atoms with Crippen molar-refractivity contribution < 1.29 is 22.0 Å². The van der Waals surface area contributed by atoms with Crippen LogP contribution in [0.15, 0.2) is 0 Å². The lowest BCUT2D eigenvalue weighted by Crippen LogP contribution is -2.46. The molecule has 0 atom stereocenters. The van der Waals surface area contributed by atoms with Gasteiger partial charge in [0.1, 0.15) is 0 Å². The molecule has 5 nitrogen and oxygen atoms in total. The second kappa shape index (κ2) is 2.13. The first-order chi connectivity index (χ1) is 4.19. The SMILES string of the molecule is NC(=O)C(F)(F)S(N)(=O)=O. The molecule has 0 aromatic heterocycles. The molecule has 0 saturated heterocycles. The van der Waals surface area contributed by atoms with Crippen LogP contribution >= 0.6 is 0 Å². The zero-order chi connectivity index (χ0) is 8.58. The van der Waals surface area contributed by atoms with E-state index in [1.165, 1.54) is 0 Å². The predicted octanol–water partition coefficient (Wildman–Crippen LogP) is -1.65. The number of hydrogen-bond donors (Lipinski definition) is 2. The van der Waals surface area contributed by atoms with E-state index in [1.807, 2.05) is 0 Å². The van der Waals surface area contributed by atoms with Gasteiger partial charge in [-0.1, -0.05) is 0 Å². The summed E-state index contributed by atoms with van der Waals surface area (Å²) >= 11 is 0. The summed E-state index contributed by atoms with van der Waals surface area (Å²) in [6.45, 7) is 0. The van der Waals surface area contributed by atoms with Gasteiger partial charge in [-0.3, -0.25) is 4.79 Å². The van der Waals surface area contributed by atoms with Crippen LogP contribution in [-0.2, 0) is 14.8 Å². The molecule has 0 aromatic rings. The van der Waals surface area contributed by atoms with Crippen molar-refractivity contribution in [2.24, 2.45) is 10.9 Å². The van der Waals surface area contributed by atoms with E-state index in [2.05, 4.69) is 10.9 Å². The molecule has 0 spiro atoms. The molecule has 0 aromatic carbocycles. The van der Waals surface area contributed by atoms with Crippen molar-refractivity contribution in [2.75, 3.05) is 0 Å². The first-order valence-corrected chi connectivity index (χ1v) is 3.44. The monoisotopic (exact) mass is 174 g/mol. The number of carbonyl (C=O) groups is 1. The van der Waals surface area contributed by atoms with Crippen LogP contribution < -0.4 is 10.9 Å². The topological polar surface area (TPSA) is 103 Å². The maximum absolute atomic E-state index is 11.9. The number of primary amides is 1. The van der Waals surface area contributed by atoms with Crippen LogP contribution in [0.4, 0.5) is 8.78 Å². The maximum Gasteiger partial charge on any atom is 0.434 e. The molecule has 0 unspecified atom stereocenters. The molecule has 0 aliphatic rings. The molecule has 0 rings (SSSR count). The van der Waals surface area contributed by atoms with E-state index in [4.69, 9.17) is 0 Å². The van der Waals surface area contributed by atoms with E-state index >= 15 is 0 Å². The van der Waals surface area contributed by atoms with E-state index in [0.29, 0.717) is 0 Å². The Morgan fingerprint density at radius 3 is 1.70 bits per heavy atom. The van der Waals surface area contributed by atoms with Gasteiger partial charge in [0, 0.05) is 0 Å². The fraction of sp³-hybridized carbons (Fsp3) is 0.500. The van der Waals surface area contributed by atoms with Gasteiger partial charge >= 0.3 is 11.2 Å². The summed E-state index contributed by atoms with van der Waals surface area (Å²) in [7, 11) is -5.21. The maximum atomic E-state index is 11.9. The molecule has 60 valence electrons. The Morgan fingerprint density at radius 1 is 1.40 bits per heavy atom. The quantitative estimate of drug-likeness (QED) is 0.524. The number of carbonyl (C=O) groups excluding carboxylic acids is 1. The van der Waals surface area contributed by atoms with Crippen molar-refractivity contribution in [3.8, 4) is 0 Å². The summed E-state index contributed by atoms with van der Waals surface area (Å²) in [6.07, 6.45) is 0. The average molecular weight is 174 g/mol. The van der Waals surface area contributed by atoms with Gasteiger partial charge < -0.3 is 5.73 Å². The molecule has 10 heavy (non-hydrogen) atoms. The largest absolute Gasteiger partial charge is 0.434 e. The molecule has 0 radical (unpaired) electrons. The third kappa shape index (κ3) is 1.39. The van der Waals surface area contributed by atoms with E-state index in [0.717, 1.165) is 0 Å². The molecule has 0 aliphatic carbocycles. The Balaban J connectivity index is 4.95. The van der Waals surface area contributed by atoms with Crippen LogP contribution in [0.5, 0.6) is 0 Å². The van der Waals surface area contributed by atoms with Crippen molar-refractivity contribution in [3.05, 3.63) is 0 Å². The summed E-state index contributed by atoms with van der Waals surface area (Å²) in [5.74, 6) is -2.28. The molecular weight excluding hydrogens is 170 g/mol. The Bertz CT molecular complexity index is 245. The molecule has 1 amide bonds. The summed E-state index contributed by atoms with van der Waals surface area (Å²) in [4.78, 5) is 9.68. The lowest BCUT2D eigenvalue weighted by atomic mass is 10.7. The van der Waals surface area contributed by atoms with Crippen LogP contribution in [0.3, 0.4) is 0 Å². The average Bonchev–Trinajstić information content (AvgIpc) is 1.62. The molecule has 0 aliphatic heterocycles. The predicted molar refractivity (Wildman–Crippen MR) is 27.2 cm³/mol. The number of primary sulfonamides is 1. The first kappa shape index (κ1) is 9.24. The Kier molecular flexibility index (Phi) is 1.97. The number of hydrogen-bond acceptors (Lipinski definition) is 3. The number of halogens is 2. The van der Waals surface area contributed by atoms with Crippen LogP contribution in [0.25, 0.3) is 0 Å². The number of nitrogens with two attached hydrogens (primary N) is 2. The second-order valence-corrected chi connectivity index (χ2v) is 3.03. The normalized spacial score (nSPS) is 13.1. The van der Waals surface area contributed by atoms with Gasteiger partial charge in [-0.25, -0.2) is 13.6 Å². The van der Waals surface area contributed by atoms with Gasteiger partial charge in [0.05, 0.1) is 0 Å². The van der Waals surface area contributed by atoms with E-state index in [-0.39, 0.29) is 0 Å². The highest BCUT2D eigenvalue weighted by molar-refractivity contribution is 7.91. The van der Waals surface area contributed by atoms with Crippen molar-refractivity contribution in [1.82, 2.24) is 0 Å². The van der Waals surface area contributed by atoms with Gasteiger partial charge in [0.15, 0.2) is 0 Å². The van der Waals surface area contributed by atoms with E-state index < -0.39 is 21.2 Å². The highest BCUT2D eigenvalue weighted by Gasteiger charge is 2.49. The van der Waals surface area contributed by atoms with Crippen LogP contribution in [0.1, 0.15) is 0 Å². The fourth-order valence-electron chi connectivity index (χ4n) is 0.140. The second-order valence-electron chi connectivity index (χ2n) is 1.43.